The van der Waals surface area contributed by atoms with Crippen molar-refractivity contribution in [3.63, 3.8) is 0 Å². The zero-order chi connectivity index (χ0) is 20.7. The van der Waals surface area contributed by atoms with Gasteiger partial charge in [0, 0.05) is 40.7 Å². The molecule has 148 valence electrons. The summed E-state index contributed by atoms with van der Waals surface area (Å²) in [5, 5.41) is 2.65. The van der Waals surface area contributed by atoms with E-state index < -0.39 is 30.1 Å². The number of pyridine rings is 2. The Bertz CT molecular complexity index is 1050. The SMILES string of the molecule is CC(N)(C(=O)NCC(F)(F)F)c1cc(-c2c[nH]c3ncc(Cl)cc23)cnc1F. The highest BCUT2D eigenvalue weighted by Gasteiger charge is 2.37. The molecule has 3 aromatic heterocycles. The Morgan fingerprint density at radius 2 is 2.00 bits per heavy atom. The summed E-state index contributed by atoms with van der Waals surface area (Å²) >= 11 is 5.96. The molecule has 3 rings (SSSR count). The standard InChI is InChI=1S/C17H14ClF4N5O/c1-16(23,15(28)27-7-17(20,21)22)12-2-8(4-24-13(12)19)11-6-26-14-10(11)3-9(18)5-25-14/h2-6H,7,23H2,1H3,(H,25,26)(H,27,28). The fourth-order valence-electron chi connectivity index (χ4n) is 2.66. The van der Waals surface area contributed by atoms with Crippen molar-refractivity contribution in [2.24, 2.45) is 5.73 Å². The molecule has 4 N–H and O–H groups in total. The summed E-state index contributed by atoms with van der Waals surface area (Å²) in [5.74, 6) is -2.25. The van der Waals surface area contributed by atoms with Crippen LogP contribution >= 0.6 is 11.6 Å². The van der Waals surface area contributed by atoms with Crippen molar-refractivity contribution in [1.82, 2.24) is 20.3 Å². The van der Waals surface area contributed by atoms with Gasteiger partial charge in [-0.3, -0.25) is 4.79 Å². The van der Waals surface area contributed by atoms with Crippen molar-refractivity contribution in [2.75, 3.05) is 6.54 Å². The number of aromatic amines is 1. The van der Waals surface area contributed by atoms with Crippen LogP contribution < -0.4 is 11.1 Å². The van der Waals surface area contributed by atoms with Crippen LogP contribution in [0.2, 0.25) is 5.02 Å². The summed E-state index contributed by atoms with van der Waals surface area (Å²) in [6.45, 7) is -0.476. The summed E-state index contributed by atoms with van der Waals surface area (Å²) < 4.78 is 51.3. The van der Waals surface area contributed by atoms with E-state index in [1.807, 2.05) is 0 Å². The van der Waals surface area contributed by atoms with E-state index in [1.165, 1.54) is 18.5 Å². The first-order valence-electron chi connectivity index (χ1n) is 7.92. The molecule has 0 aliphatic carbocycles. The molecule has 1 atom stereocenters. The minimum absolute atomic E-state index is 0.353. The second kappa shape index (κ2) is 7.02. The van der Waals surface area contributed by atoms with Crippen LogP contribution in [-0.2, 0) is 10.3 Å². The van der Waals surface area contributed by atoms with Crippen molar-refractivity contribution < 1.29 is 22.4 Å². The van der Waals surface area contributed by atoms with Crippen molar-refractivity contribution in [2.45, 2.75) is 18.6 Å². The number of nitrogens with zero attached hydrogens (tertiary/aromatic N) is 2. The van der Waals surface area contributed by atoms with Crippen LogP contribution in [-0.4, -0.2) is 33.6 Å². The third-order valence-corrected chi connectivity index (χ3v) is 4.34. The lowest BCUT2D eigenvalue weighted by Crippen LogP contribution is -2.51. The van der Waals surface area contributed by atoms with Crippen LogP contribution in [0.3, 0.4) is 0 Å². The third-order valence-electron chi connectivity index (χ3n) is 4.13. The number of carbonyl (C=O) groups is 1. The molecule has 1 amide bonds. The van der Waals surface area contributed by atoms with Gasteiger partial charge >= 0.3 is 6.18 Å². The molecule has 0 bridgehead atoms. The van der Waals surface area contributed by atoms with Gasteiger partial charge in [-0.05, 0) is 19.1 Å². The van der Waals surface area contributed by atoms with E-state index in [9.17, 15) is 22.4 Å². The number of H-pyrrole nitrogens is 1. The molecule has 0 fully saturated rings. The fourth-order valence-corrected chi connectivity index (χ4v) is 2.82. The van der Waals surface area contributed by atoms with Gasteiger partial charge in [-0.1, -0.05) is 11.6 Å². The van der Waals surface area contributed by atoms with Crippen LogP contribution in [0.5, 0.6) is 0 Å². The predicted molar refractivity (Wildman–Crippen MR) is 94.9 cm³/mol. The van der Waals surface area contributed by atoms with Crippen LogP contribution in [0.4, 0.5) is 17.6 Å². The number of halogens is 5. The van der Waals surface area contributed by atoms with Gasteiger partial charge in [0.05, 0.1) is 5.02 Å². The second-order valence-electron chi connectivity index (χ2n) is 6.31. The van der Waals surface area contributed by atoms with Crippen molar-refractivity contribution >= 4 is 28.5 Å². The van der Waals surface area contributed by atoms with Gasteiger partial charge in [-0.2, -0.15) is 17.6 Å². The number of aromatic nitrogens is 3. The molecule has 0 saturated heterocycles. The molecule has 1 unspecified atom stereocenters. The monoisotopic (exact) mass is 415 g/mol. The number of carbonyl (C=O) groups excluding carboxylic acids is 1. The molecule has 3 aromatic rings. The summed E-state index contributed by atoms with van der Waals surface area (Å²) in [6, 6.07) is 2.90. The number of nitrogens with one attached hydrogen (secondary N) is 2. The highest BCUT2D eigenvalue weighted by atomic mass is 35.5. The molecule has 0 radical (unpaired) electrons. The molecule has 0 aromatic carbocycles. The minimum atomic E-state index is -4.62. The Labute approximate surface area is 161 Å². The van der Waals surface area contributed by atoms with Crippen molar-refractivity contribution in [3.8, 4) is 11.1 Å². The van der Waals surface area contributed by atoms with Gasteiger partial charge in [0.15, 0.2) is 0 Å². The van der Waals surface area contributed by atoms with E-state index in [2.05, 4.69) is 15.0 Å². The third kappa shape index (κ3) is 3.92. The molecule has 0 aliphatic heterocycles. The molecule has 11 heteroatoms. The lowest BCUT2D eigenvalue weighted by molar-refractivity contribution is -0.141. The smallest absolute Gasteiger partial charge is 0.346 e. The Morgan fingerprint density at radius 3 is 2.68 bits per heavy atom. The first-order valence-corrected chi connectivity index (χ1v) is 8.30. The van der Waals surface area contributed by atoms with Crippen LogP contribution in [0.25, 0.3) is 22.2 Å². The normalized spacial score (nSPS) is 14.1. The van der Waals surface area contributed by atoms with Crippen molar-refractivity contribution in [1.29, 1.82) is 0 Å². The van der Waals surface area contributed by atoms with Crippen LogP contribution in [0.1, 0.15) is 12.5 Å². The molecule has 0 saturated carbocycles. The highest BCUT2D eigenvalue weighted by molar-refractivity contribution is 6.31. The zero-order valence-corrected chi connectivity index (χ0v) is 15.1. The van der Waals surface area contributed by atoms with Gasteiger partial charge in [-0.15, -0.1) is 0 Å². The average molecular weight is 416 g/mol. The van der Waals surface area contributed by atoms with E-state index in [0.29, 0.717) is 27.2 Å². The maximum atomic E-state index is 14.3. The lowest BCUT2D eigenvalue weighted by Gasteiger charge is -2.25. The quantitative estimate of drug-likeness (QED) is 0.450. The summed E-state index contributed by atoms with van der Waals surface area (Å²) in [7, 11) is 0. The van der Waals surface area contributed by atoms with Crippen molar-refractivity contribution in [3.05, 3.63) is 47.3 Å². The number of hydrogen-bond donors (Lipinski definition) is 3. The van der Waals surface area contributed by atoms with Gasteiger partial charge in [0.2, 0.25) is 11.9 Å². The predicted octanol–water partition coefficient (Wildman–Crippen LogP) is 3.27. The Hall–Kier alpha value is -2.72. The minimum Gasteiger partial charge on any atom is -0.346 e. The zero-order valence-electron chi connectivity index (χ0n) is 14.4. The topological polar surface area (TPSA) is 96.7 Å². The molecule has 0 aliphatic rings. The second-order valence-corrected chi connectivity index (χ2v) is 6.75. The Balaban J connectivity index is 2.01. The van der Waals surface area contributed by atoms with E-state index in [-0.39, 0.29) is 5.56 Å². The summed E-state index contributed by atoms with van der Waals surface area (Å²) in [6.07, 6.45) is -0.378. The van der Waals surface area contributed by atoms with E-state index in [4.69, 9.17) is 17.3 Å². The molecule has 6 nitrogen and oxygen atoms in total. The number of alkyl halides is 3. The van der Waals surface area contributed by atoms with E-state index >= 15 is 0 Å². The largest absolute Gasteiger partial charge is 0.405 e. The first kappa shape index (κ1) is 20.0. The van der Waals surface area contributed by atoms with Gasteiger partial charge in [0.1, 0.15) is 17.7 Å². The van der Waals surface area contributed by atoms with E-state index in [0.717, 1.165) is 6.92 Å². The molecular weight excluding hydrogens is 402 g/mol. The average Bonchev–Trinajstić information content (AvgIpc) is 3.02. The summed E-state index contributed by atoms with van der Waals surface area (Å²) in [4.78, 5) is 22.8. The van der Waals surface area contributed by atoms with Crippen LogP contribution in [0, 0.1) is 5.95 Å². The van der Waals surface area contributed by atoms with E-state index in [1.54, 1.807) is 17.6 Å². The number of rotatable bonds is 4. The van der Waals surface area contributed by atoms with Gasteiger partial charge < -0.3 is 16.0 Å². The van der Waals surface area contributed by atoms with Gasteiger partial charge in [0.25, 0.3) is 0 Å². The first-order chi connectivity index (χ1) is 13.0. The Morgan fingerprint density at radius 1 is 1.29 bits per heavy atom. The highest BCUT2D eigenvalue weighted by Crippen LogP contribution is 2.32. The molecule has 3 heterocycles. The maximum absolute atomic E-state index is 14.3. The summed E-state index contributed by atoms with van der Waals surface area (Å²) in [5.41, 5.74) is 4.89. The van der Waals surface area contributed by atoms with Crippen LogP contribution in [0.15, 0.2) is 30.7 Å². The molecular formula is C17H14ClF4N5O. The van der Waals surface area contributed by atoms with Gasteiger partial charge in [-0.25, -0.2) is 9.97 Å². The lowest BCUT2D eigenvalue weighted by atomic mass is 9.91. The molecule has 28 heavy (non-hydrogen) atoms. The number of amides is 1. The number of fused-ring (bicyclic) bond motifs is 1. The molecule has 0 spiro atoms. The number of hydrogen-bond acceptors (Lipinski definition) is 4. The maximum Gasteiger partial charge on any atom is 0.405 e. The fraction of sp³-hybridized carbons (Fsp3) is 0.235. The number of nitrogens with two attached hydrogens (primary N) is 1. The Kier molecular flexibility index (Phi) is 5.02.